The Balaban J connectivity index is 1.14. The minimum Gasteiger partial charge on any atom is -0.478 e. The number of alkyl halides is 2. The lowest BCUT2D eigenvalue weighted by molar-refractivity contribution is -0.140. The molecule has 2 N–H and O–H groups in total. The van der Waals surface area contributed by atoms with Gasteiger partial charge in [0, 0.05) is 18.7 Å². The normalized spacial score (nSPS) is 25.8. The quantitative estimate of drug-likeness (QED) is 0.210. The standard InChI is InChI=1S/C31H26Cl2N2O5/c32-30-20-11-3-4-12-21(20)31(33,23-14-6-5-13-22(23)30)26-25(30)27(37)35(28(26)38)16-7-1-2-15-24(36)34-19-10-8-9-18(17-19)29(39)40/h3-6,8-14,17,25-26H,1-2,7,15-16H2,(H,34,36)(H,39,40)/t25-,26-,30?,31?/m1/s1. The van der Waals surface area contributed by atoms with Gasteiger partial charge in [-0.2, -0.15) is 0 Å². The Morgan fingerprint density at radius 3 is 1.80 bits per heavy atom. The molecule has 204 valence electrons. The Morgan fingerprint density at radius 2 is 1.30 bits per heavy atom. The maximum absolute atomic E-state index is 13.8. The number of unbranched alkanes of at least 4 members (excludes halogenated alkanes) is 2. The summed E-state index contributed by atoms with van der Waals surface area (Å²) < 4.78 is 0. The van der Waals surface area contributed by atoms with Crippen molar-refractivity contribution in [3.8, 4) is 0 Å². The zero-order valence-corrected chi connectivity index (χ0v) is 22.9. The Kier molecular flexibility index (Phi) is 6.47. The molecule has 0 saturated carbocycles. The zero-order chi connectivity index (χ0) is 28.2. The van der Waals surface area contributed by atoms with Gasteiger partial charge in [-0.3, -0.25) is 19.3 Å². The molecule has 3 aliphatic carbocycles. The predicted molar refractivity (Wildman–Crippen MR) is 150 cm³/mol. The van der Waals surface area contributed by atoms with Crippen molar-refractivity contribution in [1.82, 2.24) is 4.90 Å². The third kappa shape index (κ3) is 3.79. The van der Waals surface area contributed by atoms with Crippen molar-refractivity contribution in [2.24, 2.45) is 11.8 Å². The molecule has 0 radical (unpaired) electrons. The van der Waals surface area contributed by atoms with Gasteiger partial charge < -0.3 is 10.4 Å². The highest BCUT2D eigenvalue weighted by atomic mass is 35.5. The van der Waals surface area contributed by atoms with Crippen LogP contribution in [-0.4, -0.2) is 40.2 Å². The molecular weight excluding hydrogens is 551 g/mol. The second kappa shape index (κ2) is 9.75. The first-order valence-corrected chi connectivity index (χ1v) is 14.0. The second-order valence-electron chi connectivity index (χ2n) is 10.5. The van der Waals surface area contributed by atoms with Gasteiger partial charge in [0.25, 0.3) is 0 Å². The number of imide groups is 1. The molecule has 7 nitrogen and oxygen atoms in total. The first-order valence-electron chi connectivity index (χ1n) is 13.2. The lowest BCUT2D eigenvalue weighted by Crippen LogP contribution is -2.57. The van der Waals surface area contributed by atoms with Gasteiger partial charge in [0.1, 0.15) is 9.75 Å². The van der Waals surface area contributed by atoms with Gasteiger partial charge in [-0.15, -0.1) is 23.2 Å². The van der Waals surface area contributed by atoms with Crippen molar-refractivity contribution in [3.05, 3.63) is 101 Å². The number of aromatic carboxylic acids is 1. The average Bonchev–Trinajstić information content (AvgIpc) is 3.22. The van der Waals surface area contributed by atoms with Gasteiger partial charge >= 0.3 is 5.97 Å². The van der Waals surface area contributed by atoms with E-state index in [0.29, 0.717) is 24.9 Å². The number of anilines is 1. The van der Waals surface area contributed by atoms with Crippen LogP contribution in [0.2, 0.25) is 0 Å². The Morgan fingerprint density at radius 1 is 0.775 bits per heavy atom. The van der Waals surface area contributed by atoms with Crippen molar-refractivity contribution >= 4 is 52.6 Å². The number of carbonyl (C=O) groups is 4. The Bertz CT molecular complexity index is 1450. The van der Waals surface area contributed by atoms with Crippen molar-refractivity contribution in [2.75, 3.05) is 11.9 Å². The predicted octanol–water partition coefficient (Wildman–Crippen LogP) is 5.48. The molecule has 4 aliphatic rings. The van der Waals surface area contributed by atoms with Gasteiger partial charge in [0.2, 0.25) is 17.7 Å². The molecule has 40 heavy (non-hydrogen) atoms. The third-order valence-corrected chi connectivity index (χ3v) is 9.64. The minimum atomic E-state index is -1.19. The number of nitrogens with one attached hydrogen (secondary N) is 1. The van der Waals surface area contributed by atoms with E-state index < -0.39 is 27.6 Å². The van der Waals surface area contributed by atoms with Gasteiger partial charge in [-0.25, -0.2) is 4.79 Å². The van der Waals surface area contributed by atoms with E-state index in [1.54, 1.807) is 12.1 Å². The summed E-state index contributed by atoms with van der Waals surface area (Å²) in [4.78, 5) is 50.0. The lowest BCUT2D eigenvalue weighted by atomic mass is 9.54. The largest absolute Gasteiger partial charge is 0.478 e. The molecule has 1 heterocycles. The number of likely N-dealkylation sites (tertiary alicyclic amines) is 1. The lowest BCUT2D eigenvalue weighted by Gasteiger charge is -2.54. The summed E-state index contributed by atoms with van der Waals surface area (Å²) in [7, 11) is 0. The Labute approximate surface area is 241 Å². The van der Waals surface area contributed by atoms with Gasteiger partial charge in [0.15, 0.2) is 0 Å². The van der Waals surface area contributed by atoms with E-state index in [9.17, 15) is 19.2 Å². The van der Waals surface area contributed by atoms with Crippen LogP contribution < -0.4 is 5.32 Å². The molecule has 9 heteroatoms. The molecule has 1 aliphatic heterocycles. The van der Waals surface area contributed by atoms with Gasteiger partial charge in [0.05, 0.1) is 17.4 Å². The summed E-state index contributed by atoms with van der Waals surface area (Å²) in [6.45, 7) is 0.222. The van der Waals surface area contributed by atoms with Crippen LogP contribution in [0.4, 0.5) is 5.69 Å². The highest BCUT2D eigenvalue weighted by molar-refractivity contribution is 6.36. The van der Waals surface area contributed by atoms with Gasteiger partial charge in [-0.05, 0) is 53.3 Å². The number of benzene rings is 3. The number of halogens is 2. The molecule has 3 aromatic rings. The monoisotopic (exact) mass is 576 g/mol. The van der Waals surface area contributed by atoms with E-state index in [0.717, 1.165) is 22.3 Å². The molecule has 1 fully saturated rings. The van der Waals surface area contributed by atoms with Crippen LogP contribution >= 0.6 is 23.2 Å². The van der Waals surface area contributed by atoms with E-state index >= 15 is 0 Å². The van der Waals surface area contributed by atoms with Crippen molar-refractivity contribution < 1.29 is 24.3 Å². The first kappa shape index (κ1) is 26.5. The summed E-state index contributed by atoms with van der Waals surface area (Å²) in [5.74, 6) is -3.54. The SMILES string of the molecule is O=C(CCCCCN1C(=O)[C@H]2[C@H](C1=O)C1(Cl)c3ccccc3C2(Cl)c2ccccc21)Nc1cccc(C(=O)O)c1. The van der Waals surface area contributed by atoms with Crippen molar-refractivity contribution in [1.29, 1.82) is 0 Å². The van der Waals surface area contributed by atoms with E-state index in [-0.39, 0.29) is 36.3 Å². The summed E-state index contributed by atoms with van der Waals surface area (Å²) >= 11 is 14.8. The molecular formula is C31H26Cl2N2O5. The van der Waals surface area contributed by atoms with Crippen LogP contribution in [0.3, 0.4) is 0 Å². The molecule has 2 atom stereocenters. The van der Waals surface area contributed by atoms with Gasteiger partial charge in [-0.1, -0.05) is 61.0 Å². The minimum absolute atomic E-state index is 0.0930. The second-order valence-corrected chi connectivity index (χ2v) is 11.7. The topological polar surface area (TPSA) is 104 Å². The summed E-state index contributed by atoms with van der Waals surface area (Å²) in [5.41, 5.74) is 3.60. The molecule has 7 rings (SSSR count). The fraction of sp³-hybridized carbons (Fsp3) is 0.290. The van der Waals surface area contributed by atoms with Crippen molar-refractivity contribution in [3.63, 3.8) is 0 Å². The number of rotatable bonds is 8. The number of carboxylic acids is 1. The van der Waals surface area contributed by atoms with Crippen LogP contribution in [0.15, 0.2) is 72.8 Å². The highest BCUT2D eigenvalue weighted by Gasteiger charge is 2.72. The molecule has 3 aromatic carbocycles. The molecule has 3 amide bonds. The van der Waals surface area contributed by atoms with E-state index in [2.05, 4.69) is 5.32 Å². The number of nitrogens with zero attached hydrogens (tertiary/aromatic N) is 1. The molecule has 2 bridgehead atoms. The number of hydrogen-bond donors (Lipinski definition) is 2. The molecule has 1 saturated heterocycles. The molecule has 0 aromatic heterocycles. The van der Waals surface area contributed by atoms with E-state index in [4.69, 9.17) is 28.3 Å². The number of hydrogen-bond acceptors (Lipinski definition) is 4. The molecule has 0 spiro atoms. The van der Waals surface area contributed by atoms with E-state index in [1.165, 1.54) is 17.0 Å². The number of carbonyl (C=O) groups excluding carboxylic acids is 3. The average molecular weight is 577 g/mol. The summed E-state index contributed by atoms with van der Waals surface area (Å²) in [6.07, 6.45) is 1.92. The van der Waals surface area contributed by atoms with E-state index in [1.807, 2.05) is 48.5 Å². The fourth-order valence-electron chi connectivity index (χ4n) is 6.63. The molecule has 0 unspecified atom stereocenters. The highest BCUT2D eigenvalue weighted by Crippen LogP contribution is 2.69. The maximum Gasteiger partial charge on any atom is 0.335 e. The fourth-order valence-corrected chi connectivity index (χ4v) is 7.73. The van der Waals surface area contributed by atoms with Crippen molar-refractivity contribution in [2.45, 2.75) is 35.4 Å². The first-order chi connectivity index (χ1) is 19.2. The van der Waals surface area contributed by atoms with Crippen LogP contribution in [0, 0.1) is 11.8 Å². The number of carboxylic acid groups (broad SMARTS) is 1. The Hall–Kier alpha value is -3.68. The van der Waals surface area contributed by atoms with Crippen LogP contribution in [-0.2, 0) is 24.1 Å². The third-order valence-electron chi connectivity index (χ3n) is 8.36. The maximum atomic E-state index is 13.8. The zero-order valence-electron chi connectivity index (χ0n) is 21.4. The van der Waals surface area contributed by atoms with Crippen LogP contribution in [0.5, 0.6) is 0 Å². The summed E-state index contributed by atoms with van der Waals surface area (Å²) in [5, 5.41) is 11.8. The van der Waals surface area contributed by atoms with Crippen LogP contribution in [0.1, 0.15) is 58.3 Å². The summed E-state index contributed by atoms with van der Waals surface area (Å²) in [6, 6.07) is 21.1. The van der Waals surface area contributed by atoms with Crippen LogP contribution in [0.25, 0.3) is 0 Å². The number of amides is 3. The smallest absolute Gasteiger partial charge is 0.335 e.